The average Bonchev–Trinajstić information content (AvgIpc) is 2.45. The van der Waals surface area contributed by atoms with E-state index < -0.39 is 25.1 Å². The van der Waals surface area contributed by atoms with Crippen molar-refractivity contribution in [3.8, 4) is 0 Å². The van der Waals surface area contributed by atoms with Crippen molar-refractivity contribution in [1.29, 1.82) is 0 Å². The van der Waals surface area contributed by atoms with Gasteiger partial charge in [0.15, 0.2) is 0 Å². The Hall–Kier alpha value is -0.180. The Morgan fingerprint density at radius 3 is 2.14 bits per heavy atom. The molecule has 0 spiro atoms. The third-order valence-electron chi connectivity index (χ3n) is 4.79. The number of nitrogens with one attached hydrogen (secondary N) is 1. The van der Waals surface area contributed by atoms with Crippen LogP contribution in [0.4, 0.5) is 0 Å². The molecule has 2 N–H and O–H groups in total. The first-order valence-electron chi connectivity index (χ1n) is 7.64. The van der Waals surface area contributed by atoms with Crippen LogP contribution in [0.15, 0.2) is 0 Å². The van der Waals surface area contributed by atoms with Gasteiger partial charge in [0.1, 0.15) is 9.84 Å². The van der Waals surface area contributed by atoms with Gasteiger partial charge in [0.2, 0.25) is 10.0 Å². The van der Waals surface area contributed by atoms with E-state index in [1.54, 1.807) is 0 Å². The summed E-state index contributed by atoms with van der Waals surface area (Å²) in [5.41, 5.74) is 0. The summed E-state index contributed by atoms with van der Waals surface area (Å²) in [7, 11) is -6.51. The van der Waals surface area contributed by atoms with Gasteiger partial charge in [0.25, 0.3) is 0 Å². The lowest BCUT2D eigenvalue weighted by molar-refractivity contribution is 0.136. The van der Waals surface area contributed by atoms with Crippen LogP contribution in [0.3, 0.4) is 0 Å². The smallest absolute Gasteiger partial charge is 0.214 e. The normalized spacial score (nSPS) is 31.1. The number of sulfone groups is 1. The van der Waals surface area contributed by atoms with Crippen LogP contribution in [0.2, 0.25) is 0 Å². The lowest BCUT2D eigenvalue weighted by atomic mass is 9.80. The first-order valence-corrected chi connectivity index (χ1v) is 11.0. The minimum absolute atomic E-state index is 0.0404. The molecular weight excluding hydrogens is 314 g/mol. The van der Waals surface area contributed by atoms with Gasteiger partial charge in [0, 0.05) is 13.2 Å². The summed E-state index contributed by atoms with van der Waals surface area (Å²) in [4.78, 5) is 0. The van der Waals surface area contributed by atoms with E-state index in [1.165, 1.54) is 0 Å². The number of aliphatic hydroxyl groups is 1. The summed E-state index contributed by atoms with van der Waals surface area (Å²) in [6.45, 7) is 0.463. The Balaban J connectivity index is 1.89. The van der Waals surface area contributed by atoms with E-state index in [2.05, 4.69) is 4.72 Å². The number of sulfonamides is 1. The molecule has 21 heavy (non-hydrogen) atoms. The number of aliphatic hydroxyl groups excluding tert-OH is 1. The van der Waals surface area contributed by atoms with E-state index in [4.69, 9.17) is 0 Å². The molecule has 2 unspecified atom stereocenters. The Bertz CT molecular complexity index is 529. The largest absolute Gasteiger partial charge is 0.396 e. The zero-order chi connectivity index (χ0) is 15.5. The highest BCUT2D eigenvalue weighted by atomic mass is 32.2. The van der Waals surface area contributed by atoms with E-state index in [9.17, 15) is 21.9 Å². The second-order valence-electron chi connectivity index (χ2n) is 6.23. The molecule has 124 valence electrons. The molecule has 0 aromatic rings. The van der Waals surface area contributed by atoms with E-state index in [-0.39, 0.29) is 42.8 Å². The lowest BCUT2D eigenvalue weighted by Crippen LogP contribution is -2.43. The van der Waals surface area contributed by atoms with Crippen LogP contribution < -0.4 is 4.72 Å². The molecule has 0 amide bonds. The van der Waals surface area contributed by atoms with Crippen molar-refractivity contribution < 1.29 is 21.9 Å². The van der Waals surface area contributed by atoms with Crippen molar-refractivity contribution in [2.45, 2.75) is 43.8 Å². The Kier molecular flexibility index (Phi) is 5.67. The van der Waals surface area contributed by atoms with E-state index >= 15 is 0 Å². The molecule has 1 aliphatic heterocycles. The Morgan fingerprint density at radius 2 is 1.57 bits per heavy atom. The van der Waals surface area contributed by atoms with Crippen LogP contribution in [0.25, 0.3) is 0 Å². The van der Waals surface area contributed by atoms with Crippen LogP contribution in [0, 0.1) is 11.8 Å². The molecule has 2 aliphatic rings. The number of rotatable bonds is 5. The quantitative estimate of drug-likeness (QED) is 0.749. The number of hydrogen-bond acceptors (Lipinski definition) is 5. The summed E-state index contributed by atoms with van der Waals surface area (Å²) in [6, 6.07) is 0. The minimum Gasteiger partial charge on any atom is -0.396 e. The molecule has 0 aromatic heterocycles. The molecule has 0 aromatic carbocycles. The van der Waals surface area contributed by atoms with Gasteiger partial charge in [-0.15, -0.1) is 0 Å². The average molecular weight is 339 g/mol. The second kappa shape index (κ2) is 6.93. The highest BCUT2D eigenvalue weighted by molar-refractivity contribution is 7.92. The van der Waals surface area contributed by atoms with Gasteiger partial charge < -0.3 is 5.11 Å². The van der Waals surface area contributed by atoms with Crippen molar-refractivity contribution in [2.75, 3.05) is 24.7 Å². The standard InChI is InChI=1S/C13H25NO5S2/c15-10-12-4-2-1-3-11(12)9-14-21(18,19)13-5-7-20(16,17)8-6-13/h11-15H,1-10H2. The van der Waals surface area contributed by atoms with Crippen molar-refractivity contribution in [3.63, 3.8) is 0 Å². The molecule has 6 nitrogen and oxygen atoms in total. The molecule has 0 bridgehead atoms. The fourth-order valence-corrected chi connectivity index (χ4v) is 6.64. The summed E-state index contributed by atoms with van der Waals surface area (Å²) in [5.74, 6) is 0.279. The first-order chi connectivity index (χ1) is 9.84. The van der Waals surface area contributed by atoms with Crippen LogP contribution in [0.5, 0.6) is 0 Å². The minimum atomic E-state index is -3.46. The van der Waals surface area contributed by atoms with Gasteiger partial charge >= 0.3 is 0 Å². The molecule has 0 radical (unpaired) electrons. The molecule has 2 atom stereocenters. The molecule has 1 aliphatic carbocycles. The van der Waals surface area contributed by atoms with Crippen LogP contribution >= 0.6 is 0 Å². The predicted molar refractivity (Wildman–Crippen MR) is 81.1 cm³/mol. The summed E-state index contributed by atoms with van der Waals surface area (Å²) in [5, 5.41) is 8.75. The van der Waals surface area contributed by atoms with Crippen LogP contribution in [-0.2, 0) is 19.9 Å². The predicted octanol–water partition coefficient (Wildman–Crippen LogP) is 0.282. The number of hydrogen-bond donors (Lipinski definition) is 2. The fraction of sp³-hybridized carbons (Fsp3) is 1.00. The van der Waals surface area contributed by atoms with E-state index in [1.807, 2.05) is 0 Å². The zero-order valence-corrected chi connectivity index (χ0v) is 13.8. The molecule has 1 saturated heterocycles. The highest BCUT2D eigenvalue weighted by Crippen LogP contribution is 2.29. The molecule has 8 heteroatoms. The maximum absolute atomic E-state index is 12.3. The summed E-state index contributed by atoms with van der Waals surface area (Å²) >= 11 is 0. The van der Waals surface area contributed by atoms with Gasteiger partial charge in [-0.1, -0.05) is 12.8 Å². The van der Waals surface area contributed by atoms with Gasteiger partial charge in [-0.25, -0.2) is 21.6 Å². The molecule has 2 fully saturated rings. The SMILES string of the molecule is O=S1(=O)CCC(S(=O)(=O)NCC2CCCCC2CO)CC1. The maximum Gasteiger partial charge on any atom is 0.214 e. The third kappa shape index (κ3) is 4.64. The van der Waals surface area contributed by atoms with E-state index in [0.29, 0.717) is 6.54 Å². The fourth-order valence-electron chi connectivity index (χ4n) is 3.31. The van der Waals surface area contributed by atoms with E-state index in [0.717, 1.165) is 25.7 Å². The molecular formula is C13H25NO5S2. The zero-order valence-electron chi connectivity index (χ0n) is 12.2. The summed E-state index contributed by atoms with van der Waals surface area (Å²) in [6.07, 6.45) is 4.43. The highest BCUT2D eigenvalue weighted by Gasteiger charge is 2.33. The monoisotopic (exact) mass is 339 g/mol. The van der Waals surface area contributed by atoms with Gasteiger partial charge in [-0.3, -0.25) is 0 Å². The van der Waals surface area contributed by atoms with Gasteiger partial charge in [0.05, 0.1) is 16.8 Å². The second-order valence-corrected chi connectivity index (χ2v) is 10.6. The van der Waals surface area contributed by atoms with Gasteiger partial charge in [-0.05, 0) is 37.5 Å². The molecule has 1 saturated carbocycles. The molecule has 1 heterocycles. The van der Waals surface area contributed by atoms with Crippen molar-refractivity contribution in [3.05, 3.63) is 0 Å². The molecule has 2 rings (SSSR count). The topological polar surface area (TPSA) is 101 Å². The van der Waals surface area contributed by atoms with Crippen LogP contribution in [0.1, 0.15) is 38.5 Å². The van der Waals surface area contributed by atoms with Crippen molar-refractivity contribution >= 4 is 19.9 Å². The maximum atomic E-state index is 12.3. The van der Waals surface area contributed by atoms with Gasteiger partial charge in [-0.2, -0.15) is 0 Å². The third-order valence-corrected chi connectivity index (χ3v) is 8.42. The van der Waals surface area contributed by atoms with Crippen LogP contribution in [-0.4, -0.2) is 51.8 Å². The Morgan fingerprint density at radius 1 is 1.00 bits per heavy atom. The Labute approximate surface area is 127 Å². The first kappa shape index (κ1) is 17.2. The van der Waals surface area contributed by atoms with Crippen molar-refractivity contribution in [2.24, 2.45) is 11.8 Å². The lowest BCUT2D eigenvalue weighted by Gasteiger charge is -2.31. The van der Waals surface area contributed by atoms with Crippen molar-refractivity contribution in [1.82, 2.24) is 4.72 Å². The summed E-state index contributed by atoms with van der Waals surface area (Å²) < 4.78 is 49.9.